The van der Waals surface area contributed by atoms with Crippen LogP contribution in [-0.4, -0.2) is 47.3 Å². The Kier molecular flexibility index (Phi) is 8.47. The van der Waals surface area contributed by atoms with Crippen molar-refractivity contribution in [3.8, 4) is 0 Å². The van der Waals surface area contributed by atoms with Crippen molar-refractivity contribution in [2.45, 2.75) is 103 Å². The number of imide groups is 1. The molecule has 0 aromatic heterocycles. The van der Waals surface area contributed by atoms with Crippen LogP contribution in [0.4, 0.5) is 5.69 Å². The Labute approximate surface area is 209 Å². The number of nitrogens with one attached hydrogen (secondary N) is 3. The fourth-order valence-electron chi connectivity index (χ4n) is 5.90. The van der Waals surface area contributed by atoms with Crippen molar-refractivity contribution in [3.05, 3.63) is 29.3 Å². The number of carbonyl (C=O) groups is 3. The van der Waals surface area contributed by atoms with Gasteiger partial charge in [-0.2, -0.15) is 0 Å². The van der Waals surface area contributed by atoms with Gasteiger partial charge in [0.15, 0.2) is 0 Å². The topological polar surface area (TPSA) is 90.5 Å². The molecule has 35 heavy (non-hydrogen) atoms. The molecule has 1 aliphatic carbocycles. The molecule has 2 atom stereocenters. The summed E-state index contributed by atoms with van der Waals surface area (Å²) < 4.78 is 0. The lowest BCUT2D eigenvalue weighted by molar-refractivity contribution is -0.136. The Morgan fingerprint density at radius 2 is 1.86 bits per heavy atom. The smallest absolute Gasteiger partial charge is 0.255 e. The monoisotopic (exact) mass is 482 g/mol. The van der Waals surface area contributed by atoms with Crippen molar-refractivity contribution < 1.29 is 14.4 Å². The number of nitrogens with zero attached hydrogens (tertiary/aromatic N) is 1. The van der Waals surface area contributed by atoms with Crippen LogP contribution >= 0.6 is 0 Å². The maximum absolute atomic E-state index is 13.2. The Hall–Kier alpha value is -2.41. The van der Waals surface area contributed by atoms with Crippen LogP contribution in [0.15, 0.2) is 18.2 Å². The highest BCUT2D eigenvalue weighted by molar-refractivity contribution is 6.06. The predicted molar refractivity (Wildman–Crippen MR) is 138 cm³/mol. The van der Waals surface area contributed by atoms with Gasteiger partial charge in [0, 0.05) is 41.9 Å². The third kappa shape index (κ3) is 6.05. The van der Waals surface area contributed by atoms with Crippen LogP contribution in [0.5, 0.6) is 0 Å². The van der Waals surface area contributed by atoms with Gasteiger partial charge in [-0.3, -0.25) is 19.7 Å². The molecule has 1 saturated carbocycles. The van der Waals surface area contributed by atoms with Crippen molar-refractivity contribution in [1.29, 1.82) is 0 Å². The molecule has 2 aliphatic heterocycles. The van der Waals surface area contributed by atoms with Gasteiger partial charge in [0.05, 0.1) is 0 Å². The first-order valence-electron chi connectivity index (χ1n) is 13.6. The predicted octanol–water partition coefficient (Wildman–Crippen LogP) is 4.22. The average Bonchev–Trinajstić information content (AvgIpc) is 3.18. The second-order valence-corrected chi connectivity index (χ2v) is 11.0. The maximum atomic E-state index is 13.2. The molecule has 1 aromatic carbocycles. The van der Waals surface area contributed by atoms with Gasteiger partial charge in [0.1, 0.15) is 6.04 Å². The van der Waals surface area contributed by atoms with Crippen molar-refractivity contribution >= 4 is 23.4 Å². The first-order chi connectivity index (χ1) is 16.9. The summed E-state index contributed by atoms with van der Waals surface area (Å²) in [4.78, 5) is 38.9. The zero-order valence-corrected chi connectivity index (χ0v) is 21.6. The number of amides is 3. The van der Waals surface area contributed by atoms with E-state index in [1.807, 2.05) is 12.1 Å². The number of hydrogen-bond acceptors (Lipinski definition) is 5. The second-order valence-electron chi connectivity index (χ2n) is 11.0. The van der Waals surface area contributed by atoms with Gasteiger partial charge in [-0.15, -0.1) is 0 Å². The summed E-state index contributed by atoms with van der Waals surface area (Å²) in [6.07, 6.45) is 9.00. The number of benzene rings is 1. The van der Waals surface area contributed by atoms with Crippen molar-refractivity contribution in [2.75, 3.05) is 11.9 Å². The Balaban J connectivity index is 1.45. The fraction of sp³-hybridized carbons (Fsp3) is 0.679. The van der Waals surface area contributed by atoms with Gasteiger partial charge >= 0.3 is 0 Å². The van der Waals surface area contributed by atoms with Crippen molar-refractivity contribution in [1.82, 2.24) is 15.5 Å². The molecule has 2 fully saturated rings. The highest BCUT2D eigenvalue weighted by Crippen LogP contribution is 2.36. The average molecular weight is 483 g/mol. The van der Waals surface area contributed by atoms with Crippen LogP contribution in [0, 0.1) is 11.8 Å². The van der Waals surface area contributed by atoms with Gasteiger partial charge in [-0.25, -0.2) is 0 Å². The maximum Gasteiger partial charge on any atom is 0.255 e. The van der Waals surface area contributed by atoms with Crippen LogP contribution < -0.4 is 16.0 Å². The van der Waals surface area contributed by atoms with Gasteiger partial charge in [0.2, 0.25) is 11.8 Å². The quantitative estimate of drug-likeness (QED) is 0.435. The summed E-state index contributed by atoms with van der Waals surface area (Å²) in [6.45, 7) is 8.25. The SMILES string of the molecule is CCCC[C@@H](Nc1cccc2c1CN([C@@H]1CCC(=O)NC1=O)C2=O)C1CCC(NCC(C)C)CC1. The number of rotatable bonds is 10. The summed E-state index contributed by atoms with van der Waals surface area (Å²) in [5.41, 5.74) is 2.68. The highest BCUT2D eigenvalue weighted by Gasteiger charge is 2.40. The standard InChI is InChI=1S/C28H42N4O3/c1-4-5-8-23(19-10-12-20(13-11-19)29-16-18(2)3)30-24-9-6-7-21-22(24)17-32(28(21)35)25-14-15-26(33)31-27(25)34/h6-7,9,18-20,23,25,29-30H,4-5,8,10-17H2,1-3H3,(H,31,33,34)/t19?,20?,23-,25-/m1/s1. The highest BCUT2D eigenvalue weighted by atomic mass is 16.2. The number of piperidine rings is 1. The van der Waals surface area contributed by atoms with E-state index in [2.05, 4.69) is 42.8 Å². The van der Waals surface area contributed by atoms with Crippen molar-refractivity contribution in [2.24, 2.45) is 11.8 Å². The molecule has 0 spiro atoms. The van der Waals surface area contributed by atoms with E-state index in [-0.39, 0.29) is 24.1 Å². The number of carbonyl (C=O) groups excluding carboxylic acids is 3. The van der Waals surface area contributed by atoms with Crippen molar-refractivity contribution in [3.63, 3.8) is 0 Å². The molecule has 192 valence electrons. The molecule has 3 N–H and O–H groups in total. The minimum atomic E-state index is -0.579. The third-order valence-electron chi connectivity index (χ3n) is 7.95. The van der Waals surface area contributed by atoms with E-state index in [0.717, 1.165) is 30.6 Å². The Morgan fingerprint density at radius 3 is 2.54 bits per heavy atom. The zero-order valence-electron chi connectivity index (χ0n) is 21.6. The van der Waals surface area contributed by atoms with Gasteiger partial charge < -0.3 is 15.5 Å². The van der Waals surface area contributed by atoms with Crippen LogP contribution in [0.2, 0.25) is 0 Å². The zero-order chi connectivity index (χ0) is 24.9. The van der Waals surface area contributed by atoms with E-state index in [0.29, 0.717) is 42.4 Å². The van der Waals surface area contributed by atoms with Gasteiger partial charge in [0.25, 0.3) is 5.91 Å². The molecule has 1 saturated heterocycles. The Morgan fingerprint density at radius 1 is 1.09 bits per heavy atom. The van der Waals surface area contributed by atoms with E-state index in [4.69, 9.17) is 0 Å². The minimum Gasteiger partial charge on any atom is -0.382 e. The summed E-state index contributed by atoms with van der Waals surface area (Å²) in [6, 6.07) is 6.31. The lowest BCUT2D eigenvalue weighted by atomic mass is 9.79. The number of fused-ring (bicyclic) bond motifs is 1. The molecule has 0 unspecified atom stereocenters. The second kappa shape index (κ2) is 11.5. The fourth-order valence-corrected chi connectivity index (χ4v) is 5.90. The molecule has 7 heteroatoms. The van der Waals surface area contributed by atoms with E-state index in [9.17, 15) is 14.4 Å². The summed E-state index contributed by atoms with van der Waals surface area (Å²) in [5, 5.41) is 9.99. The van der Waals surface area contributed by atoms with Gasteiger partial charge in [-0.1, -0.05) is 39.7 Å². The first-order valence-corrected chi connectivity index (χ1v) is 13.6. The van der Waals surface area contributed by atoms with E-state index in [1.54, 1.807) is 4.90 Å². The molecular weight excluding hydrogens is 440 g/mol. The number of unbranched alkanes of at least 4 members (excludes halogenated alkanes) is 1. The minimum absolute atomic E-state index is 0.111. The molecule has 2 heterocycles. The van der Waals surface area contributed by atoms with Gasteiger partial charge in [-0.05, 0) is 69.0 Å². The third-order valence-corrected chi connectivity index (χ3v) is 7.95. The van der Waals surface area contributed by atoms with Crippen LogP contribution in [0.1, 0.15) is 94.5 Å². The summed E-state index contributed by atoms with van der Waals surface area (Å²) in [5.74, 6) is 0.568. The summed E-state index contributed by atoms with van der Waals surface area (Å²) >= 11 is 0. The first kappa shape index (κ1) is 25.7. The molecule has 3 aliphatic rings. The molecule has 0 bridgehead atoms. The lowest BCUT2D eigenvalue weighted by Gasteiger charge is -2.36. The summed E-state index contributed by atoms with van der Waals surface area (Å²) in [7, 11) is 0. The van der Waals surface area contributed by atoms with Crippen LogP contribution in [0.3, 0.4) is 0 Å². The van der Waals surface area contributed by atoms with Crippen LogP contribution in [0.25, 0.3) is 0 Å². The molecule has 7 nitrogen and oxygen atoms in total. The molecular formula is C28H42N4O3. The molecule has 3 amide bonds. The normalized spacial score (nSPS) is 25.5. The largest absolute Gasteiger partial charge is 0.382 e. The van der Waals surface area contributed by atoms with Crippen LogP contribution in [-0.2, 0) is 16.1 Å². The number of hydrogen-bond donors (Lipinski definition) is 3. The Bertz CT molecular complexity index is 923. The molecule has 0 radical (unpaired) electrons. The molecule has 4 rings (SSSR count). The lowest BCUT2D eigenvalue weighted by Crippen LogP contribution is -2.52. The number of anilines is 1. The van der Waals surface area contributed by atoms with E-state index in [1.165, 1.54) is 32.1 Å². The molecule has 1 aromatic rings. The van der Waals surface area contributed by atoms with E-state index < -0.39 is 6.04 Å². The van der Waals surface area contributed by atoms with E-state index >= 15 is 0 Å².